The molecule has 0 fully saturated rings. The van der Waals surface area contributed by atoms with E-state index >= 15 is 0 Å². The molecule has 98 valence electrons. The zero-order chi connectivity index (χ0) is 14.0. The lowest BCUT2D eigenvalue weighted by Crippen LogP contribution is -2.39. The number of benzene rings is 2. The number of carboxylic acid groups (broad SMARTS) is 1. The molecule has 4 nitrogen and oxygen atoms in total. The molecule has 2 atom stereocenters. The van der Waals surface area contributed by atoms with Crippen LogP contribution < -0.4 is 5.73 Å². The molecule has 0 heterocycles. The smallest absolute Gasteiger partial charge is 0.321 e. The lowest BCUT2D eigenvalue weighted by molar-refractivity contribution is -0.140. The average molecular weight is 257 g/mol. The number of hydrogen-bond donors (Lipinski definition) is 2. The van der Waals surface area contributed by atoms with Gasteiger partial charge in [-0.1, -0.05) is 42.5 Å². The first-order valence-electron chi connectivity index (χ1n) is 5.99. The summed E-state index contributed by atoms with van der Waals surface area (Å²) in [5.41, 5.74) is 6.33. The van der Waals surface area contributed by atoms with E-state index in [-0.39, 0.29) is 5.78 Å². The van der Waals surface area contributed by atoms with Crippen molar-refractivity contribution in [2.24, 2.45) is 5.73 Å². The zero-order valence-corrected chi connectivity index (χ0v) is 10.5. The Morgan fingerprint density at radius 2 is 1.74 bits per heavy atom. The Morgan fingerprint density at radius 3 is 2.37 bits per heavy atom. The highest BCUT2D eigenvalue weighted by molar-refractivity contribution is 5.96. The van der Waals surface area contributed by atoms with Gasteiger partial charge in [-0.05, 0) is 23.3 Å². The number of fused-ring (bicyclic) bond motifs is 1. The Labute approximate surface area is 110 Å². The summed E-state index contributed by atoms with van der Waals surface area (Å²) in [5, 5.41) is 10.9. The Hall–Kier alpha value is -2.20. The molecule has 3 N–H and O–H groups in total. The number of carbonyl (C=O) groups excluding carboxylic acids is 1. The molecule has 0 radical (unpaired) electrons. The van der Waals surface area contributed by atoms with Crippen LogP contribution in [-0.4, -0.2) is 22.9 Å². The number of hydrogen-bond acceptors (Lipinski definition) is 3. The van der Waals surface area contributed by atoms with Crippen LogP contribution in [0.4, 0.5) is 0 Å². The van der Waals surface area contributed by atoms with Crippen LogP contribution in [-0.2, 0) is 9.59 Å². The van der Waals surface area contributed by atoms with Crippen molar-refractivity contribution in [2.75, 3.05) is 0 Å². The first kappa shape index (κ1) is 13.2. The predicted molar refractivity (Wildman–Crippen MR) is 73.0 cm³/mol. The number of rotatable bonds is 4. The van der Waals surface area contributed by atoms with Crippen molar-refractivity contribution >= 4 is 22.5 Å². The Bertz CT molecular complexity index is 631. The van der Waals surface area contributed by atoms with Crippen molar-refractivity contribution in [1.29, 1.82) is 0 Å². The van der Waals surface area contributed by atoms with E-state index in [0.717, 1.165) is 10.8 Å². The van der Waals surface area contributed by atoms with Crippen LogP contribution in [0, 0.1) is 0 Å². The number of Topliss-reactive ketones (excluding diaryl/α,β-unsaturated/α-hetero) is 1. The van der Waals surface area contributed by atoms with Crippen molar-refractivity contribution in [3.8, 4) is 0 Å². The minimum absolute atomic E-state index is 0.244. The summed E-state index contributed by atoms with van der Waals surface area (Å²) in [6.45, 7) is 1.37. The standard InChI is InChI=1S/C15H15NO3/c1-9(17)13(14(16)15(18)19)12-8-4-6-10-5-2-3-7-11(10)12/h2-8,13-14H,16H2,1H3,(H,18,19)/t13?,14-/m0/s1. The second-order valence-corrected chi connectivity index (χ2v) is 4.52. The molecule has 2 rings (SSSR count). The largest absolute Gasteiger partial charge is 0.480 e. The van der Waals surface area contributed by atoms with Gasteiger partial charge in [-0.25, -0.2) is 0 Å². The van der Waals surface area contributed by atoms with E-state index in [1.165, 1.54) is 6.92 Å². The molecule has 0 aliphatic carbocycles. The molecule has 0 aliphatic rings. The zero-order valence-electron chi connectivity index (χ0n) is 10.5. The van der Waals surface area contributed by atoms with Crippen LogP contribution in [0.5, 0.6) is 0 Å². The van der Waals surface area contributed by atoms with Crippen LogP contribution in [0.15, 0.2) is 42.5 Å². The van der Waals surface area contributed by atoms with Gasteiger partial charge in [0.2, 0.25) is 0 Å². The molecule has 4 heteroatoms. The summed E-state index contributed by atoms with van der Waals surface area (Å²) in [4.78, 5) is 22.9. The Morgan fingerprint density at radius 1 is 1.11 bits per heavy atom. The maximum atomic E-state index is 11.8. The summed E-state index contributed by atoms with van der Waals surface area (Å²) >= 11 is 0. The summed E-state index contributed by atoms with van der Waals surface area (Å²) in [7, 11) is 0. The topological polar surface area (TPSA) is 80.4 Å². The number of carbonyl (C=O) groups is 2. The molecule has 19 heavy (non-hydrogen) atoms. The first-order valence-corrected chi connectivity index (χ1v) is 5.99. The van der Waals surface area contributed by atoms with Gasteiger partial charge in [0.1, 0.15) is 11.8 Å². The van der Waals surface area contributed by atoms with Gasteiger partial charge in [-0.2, -0.15) is 0 Å². The molecule has 1 unspecified atom stereocenters. The lowest BCUT2D eigenvalue weighted by Gasteiger charge is -2.20. The van der Waals surface area contributed by atoms with Gasteiger partial charge in [-0.15, -0.1) is 0 Å². The molecule has 0 bridgehead atoms. The third-order valence-corrected chi connectivity index (χ3v) is 3.24. The van der Waals surface area contributed by atoms with E-state index in [1.54, 1.807) is 6.07 Å². The predicted octanol–water partition coefficient (Wildman–Crippen LogP) is 1.92. The van der Waals surface area contributed by atoms with Gasteiger partial charge >= 0.3 is 5.97 Å². The van der Waals surface area contributed by atoms with Gasteiger partial charge in [0, 0.05) is 0 Å². The van der Waals surface area contributed by atoms with E-state index < -0.39 is 17.9 Å². The van der Waals surface area contributed by atoms with Crippen LogP contribution >= 0.6 is 0 Å². The van der Waals surface area contributed by atoms with Crippen molar-refractivity contribution < 1.29 is 14.7 Å². The highest BCUT2D eigenvalue weighted by Crippen LogP contribution is 2.28. The molecule has 2 aromatic carbocycles. The third kappa shape index (κ3) is 2.48. The van der Waals surface area contributed by atoms with Crippen LogP contribution in [0.1, 0.15) is 18.4 Å². The molecule has 0 aromatic heterocycles. The molecular weight excluding hydrogens is 242 g/mol. The molecule has 0 spiro atoms. The van der Waals surface area contributed by atoms with Crippen molar-refractivity contribution in [3.05, 3.63) is 48.0 Å². The minimum atomic E-state index is -1.23. The fourth-order valence-electron chi connectivity index (χ4n) is 2.33. The monoisotopic (exact) mass is 257 g/mol. The molecule has 2 aromatic rings. The first-order chi connectivity index (χ1) is 9.02. The van der Waals surface area contributed by atoms with Crippen molar-refractivity contribution in [3.63, 3.8) is 0 Å². The number of aliphatic carboxylic acids is 1. The highest BCUT2D eigenvalue weighted by atomic mass is 16.4. The maximum Gasteiger partial charge on any atom is 0.321 e. The lowest BCUT2D eigenvalue weighted by atomic mass is 9.85. The SMILES string of the molecule is CC(=O)C(c1cccc2ccccc12)[C@H](N)C(=O)O. The Balaban J connectivity index is 2.63. The second-order valence-electron chi connectivity index (χ2n) is 4.52. The van der Waals surface area contributed by atoms with Gasteiger partial charge in [0.15, 0.2) is 0 Å². The van der Waals surface area contributed by atoms with Crippen molar-refractivity contribution in [2.45, 2.75) is 18.9 Å². The Kier molecular flexibility index (Phi) is 3.62. The quantitative estimate of drug-likeness (QED) is 0.877. The van der Waals surface area contributed by atoms with E-state index in [9.17, 15) is 9.59 Å². The van der Waals surface area contributed by atoms with E-state index in [4.69, 9.17) is 10.8 Å². The van der Waals surface area contributed by atoms with Crippen LogP contribution in [0.3, 0.4) is 0 Å². The van der Waals surface area contributed by atoms with E-state index in [1.807, 2.05) is 36.4 Å². The molecule has 0 saturated heterocycles. The molecule has 0 saturated carbocycles. The normalized spacial score (nSPS) is 14.0. The fourth-order valence-corrected chi connectivity index (χ4v) is 2.33. The maximum absolute atomic E-state index is 11.8. The fraction of sp³-hybridized carbons (Fsp3) is 0.200. The van der Waals surface area contributed by atoms with Gasteiger partial charge in [0.05, 0.1) is 5.92 Å². The molecule has 0 amide bonds. The summed E-state index contributed by atoms with van der Waals surface area (Å²) in [6.07, 6.45) is 0. The molecular formula is C15H15NO3. The number of nitrogens with two attached hydrogens (primary N) is 1. The van der Waals surface area contributed by atoms with Gasteiger partial charge < -0.3 is 10.8 Å². The summed E-state index contributed by atoms with van der Waals surface area (Å²) < 4.78 is 0. The summed E-state index contributed by atoms with van der Waals surface area (Å²) in [6, 6.07) is 11.8. The summed E-state index contributed by atoms with van der Waals surface area (Å²) in [5.74, 6) is -2.25. The number of carboxylic acids is 1. The van der Waals surface area contributed by atoms with Crippen molar-refractivity contribution in [1.82, 2.24) is 0 Å². The third-order valence-electron chi connectivity index (χ3n) is 3.24. The molecule has 0 aliphatic heterocycles. The highest BCUT2D eigenvalue weighted by Gasteiger charge is 2.30. The average Bonchev–Trinajstić information content (AvgIpc) is 2.38. The van der Waals surface area contributed by atoms with E-state index in [0.29, 0.717) is 5.56 Å². The van der Waals surface area contributed by atoms with Crippen LogP contribution in [0.25, 0.3) is 10.8 Å². The van der Waals surface area contributed by atoms with Gasteiger partial charge in [-0.3, -0.25) is 9.59 Å². The van der Waals surface area contributed by atoms with Gasteiger partial charge in [0.25, 0.3) is 0 Å². The number of ketones is 1. The van der Waals surface area contributed by atoms with Crippen LogP contribution in [0.2, 0.25) is 0 Å². The van der Waals surface area contributed by atoms with E-state index in [2.05, 4.69) is 0 Å². The second kappa shape index (κ2) is 5.20. The minimum Gasteiger partial charge on any atom is -0.480 e.